The van der Waals surface area contributed by atoms with Gasteiger partial charge in [-0.15, -0.1) is 0 Å². The summed E-state index contributed by atoms with van der Waals surface area (Å²) in [5.74, 6) is 0.901. The fourth-order valence-electron chi connectivity index (χ4n) is 2.84. The summed E-state index contributed by atoms with van der Waals surface area (Å²) in [5, 5.41) is 3.33. The Hall–Kier alpha value is -0.130. The van der Waals surface area contributed by atoms with Crippen molar-refractivity contribution in [3.8, 4) is 0 Å². The van der Waals surface area contributed by atoms with E-state index in [0.29, 0.717) is 18.2 Å². The van der Waals surface area contributed by atoms with Crippen molar-refractivity contribution in [3.63, 3.8) is 0 Å². The van der Waals surface area contributed by atoms with Crippen LogP contribution in [0, 0.1) is 5.92 Å². The highest BCUT2D eigenvalue weighted by atomic mass is 32.2. The van der Waals surface area contributed by atoms with Crippen LogP contribution >= 0.6 is 0 Å². The lowest BCUT2D eigenvalue weighted by molar-refractivity contribution is 0.335. The molecule has 0 aromatic heterocycles. The molecule has 1 aliphatic heterocycles. The zero-order valence-electron chi connectivity index (χ0n) is 13.4. The van der Waals surface area contributed by atoms with Crippen molar-refractivity contribution in [2.24, 2.45) is 5.92 Å². The van der Waals surface area contributed by atoms with Crippen molar-refractivity contribution < 1.29 is 8.42 Å². The molecule has 0 aliphatic carbocycles. The average Bonchev–Trinajstić information content (AvgIpc) is 2.42. The smallest absolute Gasteiger partial charge is 0.214 e. The molecule has 0 aromatic carbocycles. The van der Waals surface area contributed by atoms with Crippen LogP contribution in [0.15, 0.2) is 0 Å². The second-order valence-corrected chi connectivity index (χ2v) is 8.25. The fraction of sp³-hybridized carbons (Fsp3) is 1.00. The zero-order valence-corrected chi connectivity index (χ0v) is 14.2. The molecule has 4 nitrogen and oxygen atoms in total. The molecule has 0 bridgehead atoms. The summed E-state index contributed by atoms with van der Waals surface area (Å²) in [7, 11) is -3.09. The monoisotopic (exact) mass is 304 g/mol. The number of hydrogen-bond acceptors (Lipinski definition) is 3. The molecule has 1 saturated heterocycles. The normalized spacial score (nSPS) is 18.1. The summed E-state index contributed by atoms with van der Waals surface area (Å²) in [5.41, 5.74) is 0. The van der Waals surface area contributed by atoms with E-state index in [1.165, 1.54) is 0 Å². The van der Waals surface area contributed by atoms with Crippen molar-refractivity contribution in [3.05, 3.63) is 0 Å². The van der Waals surface area contributed by atoms with Crippen molar-refractivity contribution in [1.29, 1.82) is 0 Å². The predicted octanol–water partition coefficient (Wildman–Crippen LogP) is 2.61. The first-order chi connectivity index (χ1) is 9.47. The van der Waals surface area contributed by atoms with Crippen LogP contribution in [0.1, 0.15) is 59.3 Å². The fourth-order valence-corrected chi connectivity index (χ4v) is 4.75. The summed E-state index contributed by atoms with van der Waals surface area (Å²) in [6.45, 7) is 8.86. The molecule has 0 amide bonds. The van der Waals surface area contributed by atoms with Gasteiger partial charge in [-0.25, -0.2) is 8.42 Å². The van der Waals surface area contributed by atoms with Gasteiger partial charge in [-0.2, -0.15) is 4.31 Å². The molecular formula is C15H32N2O2S. The van der Waals surface area contributed by atoms with Crippen LogP contribution < -0.4 is 5.32 Å². The molecule has 5 heteroatoms. The molecule has 0 radical (unpaired) electrons. The first-order valence-corrected chi connectivity index (χ1v) is 9.78. The van der Waals surface area contributed by atoms with Crippen molar-refractivity contribution in [1.82, 2.24) is 9.62 Å². The Balaban J connectivity index is 2.48. The summed E-state index contributed by atoms with van der Waals surface area (Å²) in [6, 6.07) is 0.0740. The van der Waals surface area contributed by atoms with Gasteiger partial charge < -0.3 is 5.32 Å². The van der Waals surface area contributed by atoms with Gasteiger partial charge in [0.05, 0.1) is 5.75 Å². The van der Waals surface area contributed by atoms with Gasteiger partial charge in [-0.3, -0.25) is 0 Å². The van der Waals surface area contributed by atoms with Gasteiger partial charge in [0.2, 0.25) is 10.0 Å². The van der Waals surface area contributed by atoms with Gasteiger partial charge in [-0.1, -0.05) is 19.8 Å². The third-order valence-electron chi connectivity index (χ3n) is 4.16. The molecule has 1 heterocycles. The molecule has 0 saturated carbocycles. The molecule has 1 N–H and O–H groups in total. The predicted molar refractivity (Wildman–Crippen MR) is 85.4 cm³/mol. The quantitative estimate of drug-likeness (QED) is 0.666. The number of hydrogen-bond donors (Lipinski definition) is 1. The highest BCUT2D eigenvalue weighted by Crippen LogP contribution is 2.19. The first kappa shape index (κ1) is 17.9. The number of sulfonamides is 1. The lowest BCUT2D eigenvalue weighted by Crippen LogP contribution is -2.40. The van der Waals surface area contributed by atoms with Crippen LogP contribution in [0.25, 0.3) is 0 Å². The molecule has 1 rings (SSSR count). The Morgan fingerprint density at radius 2 is 1.85 bits per heavy atom. The van der Waals surface area contributed by atoms with Crippen LogP contribution in [-0.2, 0) is 10.0 Å². The maximum absolute atomic E-state index is 12.5. The van der Waals surface area contributed by atoms with E-state index in [1.54, 1.807) is 4.31 Å². The molecule has 0 unspecified atom stereocenters. The minimum Gasteiger partial charge on any atom is -0.317 e. The number of nitrogens with one attached hydrogen (secondary N) is 1. The van der Waals surface area contributed by atoms with Crippen molar-refractivity contribution in [2.45, 2.75) is 65.3 Å². The molecule has 0 aromatic rings. The lowest BCUT2D eigenvalue weighted by Gasteiger charge is -2.28. The average molecular weight is 305 g/mol. The summed E-state index contributed by atoms with van der Waals surface area (Å²) < 4.78 is 26.8. The SMILES string of the molecule is CCCCCN(C(C)C)S(=O)(=O)CCC1CCNCC1. The topological polar surface area (TPSA) is 49.4 Å². The molecule has 1 aliphatic rings. The largest absolute Gasteiger partial charge is 0.317 e. The minimum absolute atomic E-state index is 0.0740. The highest BCUT2D eigenvalue weighted by molar-refractivity contribution is 7.89. The van der Waals surface area contributed by atoms with E-state index in [4.69, 9.17) is 0 Å². The van der Waals surface area contributed by atoms with Crippen molar-refractivity contribution in [2.75, 3.05) is 25.4 Å². The van der Waals surface area contributed by atoms with E-state index in [2.05, 4.69) is 12.2 Å². The number of piperidine rings is 1. The lowest BCUT2D eigenvalue weighted by atomic mass is 9.96. The zero-order chi connectivity index (χ0) is 15.0. The second-order valence-electron chi connectivity index (χ2n) is 6.21. The van der Waals surface area contributed by atoms with Gasteiger partial charge in [0.25, 0.3) is 0 Å². The number of unbranched alkanes of at least 4 members (excludes halogenated alkanes) is 2. The number of nitrogens with zero attached hydrogens (tertiary/aromatic N) is 1. The van der Waals surface area contributed by atoms with Crippen LogP contribution in [0.4, 0.5) is 0 Å². The number of rotatable bonds is 9. The third-order valence-corrected chi connectivity index (χ3v) is 6.23. The standard InChI is InChI=1S/C15H32N2O2S/c1-4-5-6-12-17(14(2)3)20(18,19)13-9-15-7-10-16-11-8-15/h14-16H,4-13H2,1-3H3. The van der Waals surface area contributed by atoms with E-state index < -0.39 is 10.0 Å². The molecule has 120 valence electrons. The van der Waals surface area contributed by atoms with Gasteiger partial charge in [0.15, 0.2) is 0 Å². The van der Waals surface area contributed by atoms with Crippen LogP contribution in [0.5, 0.6) is 0 Å². The van der Waals surface area contributed by atoms with Crippen LogP contribution in [0.3, 0.4) is 0 Å². The maximum atomic E-state index is 12.5. The third kappa shape index (κ3) is 6.10. The van der Waals surface area contributed by atoms with Crippen LogP contribution in [0.2, 0.25) is 0 Å². The second kappa shape index (κ2) is 9.00. The van der Waals surface area contributed by atoms with Crippen LogP contribution in [-0.4, -0.2) is 44.2 Å². The highest BCUT2D eigenvalue weighted by Gasteiger charge is 2.25. The Bertz CT molecular complexity index is 349. The van der Waals surface area contributed by atoms with Crippen molar-refractivity contribution >= 4 is 10.0 Å². The van der Waals surface area contributed by atoms with Gasteiger partial charge in [0, 0.05) is 12.6 Å². The van der Waals surface area contributed by atoms with E-state index in [1.807, 2.05) is 13.8 Å². The Kier molecular flexibility index (Phi) is 8.07. The van der Waals surface area contributed by atoms with E-state index in [-0.39, 0.29) is 6.04 Å². The molecule has 20 heavy (non-hydrogen) atoms. The minimum atomic E-state index is -3.09. The summed E-state index contributed by atoms with van der Waals surface area (Å²) in [4.78, 5) is 0. The Morgan fingerprint density at radius 3 is 2.40 bits per heavy atom. The Labute approximate surface area is 125 Å². The summed E-state index contributed by atoms with van der Waals surface area (Å²) >= 11 is 0. The molecule has 1 fully saturated rings. The first-order valence-electron chi connectivity index (χ1n) is 8.17. The Morgan fingerprint density at radius 1 is 1.20 bits per heavy atom. The maximum Gasteiger partial charge on any atom is 0.214 e. The van der Waals surface area contributed by atoms with E-state index in [9.17, 15) is 8.42 Å². The van der Waals surface area contributed by atoms with Gasteiger partial charge in [-0.05, 0) is 58.5 Å². The summed E-state index contributed by atoms with van der Waals surface area (Å²) in [6.07, 6.45) is 6.26. The van der Waals surface area contributed by atoms with Gasteiger partial charge in [0.1, 0.15) is 0 Å². The molecule has 0 spiro atoms. The van der Waals surface area contributed by atoms with E-state index >= 15 is 0 Å². The van der Waals surface area contributed by atoms with E-state index in [0.717, 1.165) is 51.6 Å². The molecule has 0 atom stereocenters. The molecular weight excluding hydrogens is 272 g/mol. The van der Waals surface area contributed by atoms with Gasteiger partial charge >= 0.3 is 0 Å².